The van der Waals surface area contributed by atoms with Crippen molar-refractivity contribution in [1.29, 1.82) is 0 Å². The monoisotopic (exact) mass is 346 g/mol. The smallest absolute Gasteiger partial charge is 0.230 e. The third kappa shape index (κ3) is 3.45. The van der Waals surface area contributed by atoms with Gasteiger partial charge in [-0.25, -0.2) is 0 Å². The Bertz CT molecular complexity index is 681. The number of amides is 3. The second kappa shape index (κ2) is 7.13. The Morgan fingerprint density at radius 3 is 2.40 bits per heavy atom. The van der Waals surface area contributed by atoms with Crippen LogP contribution in [-0.2, 0) is 20.8 Å². The third-order valence-corrected chi connectivity index (χ3v) is 4.77. The minimum absolute atomic E-state index is 0.0215. The van der Waals surface area contributed by atoms with Gasteiger partial charge < -0.3 is 14.4 Å². The van der Waals surface area contributed by atoms with Crippen LogP contribution in [-0.4, -0.2) is 60.9 Å². The van der Waals surface area contributed by atoms with Crippen LogP contribution in [0.2, 0.25) is 0 Å². The van der Waals surface area contributed by atoms with Gasteiger partial charge in [-0.3, -0.25) is 19.3 Å². The number of benzene rings is 1. The molecule has 0 atom stereocenters. The molecule has 0 spiro atoms. The summed E-state index contributed by atoms with van der Waals surface area (Å²) in [5.41, 5.74) is 0.943. The number of aryl methyl sites for hydroxylation is 1. The van der Waals surface area contributed by atoms with Crippen molar-refractivity contribution in [2.24, 2.45) is 0 Å². The molecule has 1 aromatic carbocycles. The molecule has 0 radical (unpaired) electrons. The van der Waals surface area contributed by atoms with Gasteiger partial charge >= 0.3 is 0 Å². The maximum atomic E-state index is 12.3. The fourth-order valence-corrected chi connectivity index (χ4v) is 3.28. The van der Waals surface area contributed by atoms with E-state index >= 15 is 0 Å². The number of carbonyl (C=O) groups excluding carboxylic acids is 3. The second-order valence-electron chi connectivity index (χ2n) is 6.29. The topological polar surface area (TPSA) is 76.2 Å². The summed E-state index contributed by atoms with van der Waals surface area (Å²) < 4.78 is 10.5. The molecule has 2 fully saturated rings. The first-order valence-corrected chi connectivity index (χ1v) is 8.37. The van der Waals surface area contributed by atoms with Crippen LogP contribution in [0.1, 0.15) is 24.8 Å². The van der Waals surface area contributed by atoms with E-state index in [1.807, 2.05) is 12.1 Å². The average molecular weight is 346 g/mol. The molecular weight excluding hydrogens is 324 g/mol. The van der Waals surface area contributed by atoms with Crippen LogP contribution in [0.25, 0.3) is 0 Å². The van der Waals surface area contributed by atoms with Crippen molar-refractivity contribution in [2.75, 3.05) is 27.3 Å². The van der Waals surface area contributed by atoms with E-state index in [2.05, 4.69) is 0 Å². The molecule has 3 amide bonds. The Kier molecular flexibility index (Phi) is 4.92. The van der Waals surface area contributed by atoms with Crippen molar-refractivity contribution in [3.05, 3.63) is 23.8 Å². The van der Waals surface area contributed by atoms with Crippen LogP contribution in [0.4, 0.5) is 0 Å². The number of nitrogens with zero attached hydrogens (tertiary/aromatic N) is 2. The van der Waals surface area contributed by atoms with Crippen molar-refractivity contribution in [2.45, 2.75) is 31.7 Å². The SMILES string of the molecule is COc1ccc(CCC(=O)N2CC(N3C(=O)CCC3=O)C2)c(OC)c1. The van der Waals surface area contributed by atoms with E-state index in [0.29, 0.717) is 50.3 Å². The summed E-state index contributed by atoms with van der Waals surface area (Å²) >= 11 is 0. The fourth-order valence-electron chi connectivity index (χ4n) is 3.28. The molecule has 2 saturated heterocycles. The van der Waals surface area contributed by atoms with Crippen molar-refractivity contribution < 1.29 is 23.9 Å². The standard InChI is InChI=1S/C18H22N2O5/c1-24-14-5-3-12(15(9-14)25-2)4-6-16(21)19-10-13(11-19)20-17(22)7-8-18(20)23/h3,5,9,13H,4,6-8,10-11H2,1-2H3. The Hall–Kier alpha value is -2.57. The second-order valence-corrected chi connectivity index (χ2v) is 6.29. The van der Waals surface area contributed by atoms with Crippen LogP contribution >= 0.6 is 0 Å². The number of rotatable bonds is 6. The highest BCUT2D eigenvalue weighted by molar-refractivity contribution is 6.02. The zero-order chi connectivity index (χ0) is 18.0. The molecule has 134 valence electrons. The summed E-state index contributed by atoms with van der Waals surface area (Å²) in [5, 5.41) is 0. The van der Waals surface area contributed by atoms with Gasteiger partial charge in [0.2, 0.25) is 17.7 Å². The Morgan fingerprint density at radius 2 is 1.80 bits per heavy atom. The number of imide groups is 1. The van der Waals surface area contributed by atoms with E-state index in [9.17, 15) is 14.4 Å². The molecule has 3 rings (SSSR count). The summed E-state index contributed by atoms with van der Waals surface area (Å²) in [5.74, 6) is 1.18. The molecular formula is C18H22N2O5. The number of likely N-dealkylation sites (tertiary alicyclic amines) is 2. The van der Waals surface area contributed by atoms with Gasteiger partial charge in [0.1, 0.15) is 11.5 Å². The largest absolute Gasteiger partial charge is 0.497 e. The van der Waals surface area contributed by atoms with Crippen molar-refractivity contribution >= 4 is 17.7 Å². The van der Waals surface area contributed by atoms with Crippen LogP contribution in [0.5, 0.6) is 11.5 Å². The minimum atomic E-state index is -0.151. The molecule has 0 bridgehead atoms. The van der Waals surface area contributed by atoms with Crippen molar-refractivity contribution in [3.63, 3.8) is 0 Å². The van der Waals surface area contributed by atoms with Gasteiger partial charge in [-0.05, 0) is 18.1 Å². The summed E-state index contributed by atoms with van der Waals surface area (Å²) in [7, 11) is 3.18. The number of hydrogen-bond donors (Lipinski definition) is 0. The molecule has 0 unspecified atom stereocenters. The van der Waals surface area contributed by atoms with Gasteiger partial charge in [-0.15, -0.1) is 0 Å². The lowest BCUT2D eigenvalue weighted by Gasteiger charge is -2.43. The molecule has 1 aromatic rings. The van der Waals surface area contributed by atoms with E-state index in [4.69, 9.17) is 9.47 Å². The van der Waals surface area contributed by atoms with Crippen molar-refractivity contribution in [1.82, 2.24) is 9.80 Å². The first-order valence-electron chi connectivity index (χ1n) is 8.37. The lowest BCUT2D eigenvalue weighted by Crippen LogP contribution is -2.62. The number of methoxy groups -OCH3 is 2. The molecule has 2 aliphatic heterocycles. The minimum Gasteiger partial charge on any atom is -0.497 e. The van der Waals surface area contributed by atoms with Crippen molar-refractivity contribution in [3.8, 4) is 11.5 Å². The highest BCUT2D eigenvalue weighted by atomic mass is 16.5. The third-order valence-electron chi connectivity index (χ3n) is 4.77. The molecule has 0 aliphatic carbocycles. The highest BCUT2D eigenvalue weighted by Gasteiger charge is 2.42. The number of carbonyl (C=O) groups is 3. The maximum Gasteiger partial charge on any atom is 0.230 e. The number of hydrogen-bond acceptors (Lipinski definition) is 5. The quantitative estimate of drug-likeness (QED) is 0.718. The predicted molar refractivity (Wildman–Crippen MR) is 89.3 cm³/mol. The molecule has 2 heterocycles. The van der Waals surface area contributed by atoms with Gasteiger partial charge in [0, 0.05) is 38.4 Å². The van der Waals surface area contributed by atoms with E-state index in [1.165, 1.54) is 4.90 Å². The Labute approximate surface area is 146 Å². The van der Waals surface area contributed by atoms with E-state index in [1.54, 1.807) is 25.2 Å². The van der Waals surface area contributed by atoms with E-state index in [-0.39, 0.29) is 23.8 Å². The predicted octanol–water partition coefficient (Wildman–Crippen LogP) is 0.996. The summed E-state index contributed by atoms with van der Waals surface area (Å²) in [6.07, 6.45) is 1.51. The fraction of sp³-hybridized carbons (Fsp3) is 0.500. The van der Waals surface area contributed by atoms with Crippen LogP contribution in [0, 0.1) is 0 Å². The molecule has 7 nitrogen and oxygen atoms in total. The summed E-state index contributed by atoms with van der Waals surface area (Å²) in [6.45, 7) is 0.881. The molecule has 0 aromatic heterocycles. The van der Waals surface area contributed by atoms with Gasteiger partial charge in [-0.1, -0.05) is 6.07 Å². The Balaban J connectivity index is 1.51. The van der Waals surface area contributed by atoms with Gasteiger partial charge in [0.05, 0.1) is 20.3 Å². The lowest BCUT2D eigenvalue weighted by atomic mass is 10.0. The van der Waals surface area contributed by atoms with Gasteiger partial charge in [0.15, 0.2) is 0 Å². The van der Waals surface area contributed by atoms with E-state index in [0.717, 1.165) is 5.56 Å². The zero-order valence-corrected chi connectivity index (χ0v) is 14.5. The van der Waals surface area contributed by atoms with Crippen LogP contribution in [0.15, 0.2) is 18.2 Å². The Morgan fingerprint density at radius 1 is 1.12 bits per heavy atom. The van der Waals surface area contributed by atoms with Crippen LogP contribution < -0.4 is 9.47 Å². The highest BCUT2D eigenvalue weighted by Crippen LogP contribution is 2.27. The first kappa shape index (κ1) is 17.3. The van der Waals surface area contributed by atoms with E-state index < -0.39 is 0 Å². The molecule has 0 N–H and O–H groups in total. The van der Waals surface area contributed by atoms with Crippen LogP contribution in [0.3, 0.4) is 0 Å². The normalized spacial score (nSPS) is 17.7. The summed E-state index contributed by atoms with van der Waals surface area (Å²) in [6, 6.07) is 5.38. The average Bonchev–Trinajstić information content (AvgIpc) is 2.91. The van der Waals surface area contributed by atoms with Gasteiger partial charge in [-0.2, -0.15) is 0 Å². The zero-order valence-electron chi connectivity index (χ0n) is 14.5. The molecule has 25 heavy (non-hydrogen) atoms. The first-order chi connectivity index (χ1) is 12.0. The summed E-state index contributed by atoms with van der Waals surface area (Å²) in [4.78, 5) is 38.8. The molecule has 0 saturated carbocycles. The molecule has 7 heteroatoms. The number of ether oxygens (including phenoxy) is 2. The lowest BCUT2D eigenvalue weighted by molar-refractivity contribution is -0.151. The van der Waals surface area contributed by atoms with Gasteiger partial charge in [0.25, 0.3) is 0 Å². The maximum absolute atomic E-state index is 12.3. The molecule has 2 aliphatic rings.